The molecule has 1 unspecified atom stereocenters. The van der Waals surface area contributed by atoms with Gasteiger partial charge in [0.15, 0.2) is 0 Å². The van der Waals surface area contributed by atoms with Gasteiger partial charge in [0, 0.05) is 15.8 Å². The summed E-state index contributed by atoms with van der Waals surface area (Å²) in [5.41, 5.74) is 6.53. The number of hydrogen-bond donors (Lipinski definition) is 1. The summed E-state index contributed by atoms with van der Waals surface area (Å²) in [4.78, 5) is 1.01. The van der Waals surface area contributed by atoms with E-state index in [1.807, 2.05) is 6.07 Å². The van der Waals surface area contributed by atoms with Crippen molar-refractivity contribution in [3.8, 4) is 0 Å². The van der Waals surface area contributed by atoms with Crippen molar-refractivity contribution < 1.29 is 0 Å². The van der Waals surface area contributed by atoms with E-state index < -0.39 is 0 Å². The van der Waals surface area contributed by atoms with E-state index >= 15 is 0 Å². The molecule has 0 radical (unpaired) electrons. The molecule has 0 amide bonds. The van der Waals surface area contributed by atoms with Crippen LogP contribution in [-0.4, -0.2) is 5.25 Å². The zero-order chi connectivity index (χ0) is 10.7. The van der Waals surface area contributed by atoms with E-state index in [-0.39, 0.29) is 0 Å². The van der Waals surface area contributed by atoms with Gasteiger partial charge in [-0.15, -0.1) is 11.8 Å². The predicted molar refractivity (Wildman–Crippen MR) is 66.5 cm³/mol. The van der Waals surface area contributed by atoms with Crippen LogP contribution in [0.1, 0.15) is 20.3 Å². The van der Waals surface area contributed by atoms with Crippen molar-refractivity contribution in [1.29, 1.82) is 0 Å². The maximum absolute atomic E-state index is 5.91. The molecule has 0 aliphatic carbocycles. The van der Waals surface area contributed by atoms with Gasteiger partial charge < -0.3 is 5.73 Å². The molecule has 1 nitrogen and oxygen atoms in total. The highest BCUT2D eigenvalue weighted by molar-refractivity contribution is 8.00. The minimum absolute atomic E-state index is 0.512. The lowest BCUT2D eigenvalue weighted by atomic mass is 10.3. The molecule has 78 valence electrons. The lowest BCUT2D eigenvalue weighted by molar-refractivity contribution is 0.906. The number of nitrogens with two attached hydrogens (primary N) is 1. The van der Waals surface area contributed by atoms with E-state index in [2.05, 4.69) is 13.8 Å². The molecule has 0 saturated heterocycles. The van der Waals surface area contributed by atoms with Gasteiger partial charge in [-0.3, -0.25) is 0 Å². The number of thioether (sulfide) groups is 1. The second-order valence-corrected chi connectivity index (χ2v) is 5.44. The number of hydrogen-bond acceptors (Lipinski definition) is 2. The Kier molecular flexibility index (Phi) is 4.42. The Labute approximate surface area is 99.0 Å². The van der Waals surface area contributed by atoms with Crippen molar-refractivity contribution in [3.05, 3.63) is 22.2 Å². The second-order valence-electron chi connectivity index (χ2n) is 3.14. The molecular formula is C10H13Cl2NS. The summed E-state index contributed by atoms with van der Waals surface area (Å²) < 4.78 is 0. The minimum Gasteiger partial charge on any atom is -0.398 e. The summed E-state index contributed by atoms with van der Waals surface area (Å²) >= 11 is 13.5. The summed E-state index contributed by atoms with van der Waals surface area (Å²) in [6.07, 6.45) is 1.10. The average Bonchev–Trinajstić information content (AvgIpc) is 2.14. The van der Waals surface area contributed by atoms with E-state index in [0.29, 0.717) is 21.0 Å². The molecule has 0 saturated carbocycles. The summed E-state index contributed by atoms with van der Waals surface area (Å²) in [6, 6.07) is 3.53. The first-order valence-corrected chi connectivity index (χ1v) is 6.09. The van der Waals surface area contributed by atoms with Gasteiger partial charge in [-0.1, -0.05) is 37.0 Å². The first kappa shape index (κ1) is 12.0. The molecular weight excluding hydrogens is 237 g/mol. The maximum Gasteiger partial charge on any atom is 0.0613 e. The quantitative estimate of drug-likeness (QED) is 0.632. The van der Waals surface area contributed by atoms with Crippen LogP contribution in [0.5, 0.6) is 0 Å². The highest BCUT2D eigenvalue weighted by atomic mass is 35.5. The SMILES string of the molecule is CCC(C)Sc1cc(Cl)c(Cl)cc1N. The molecule has 14 heavy (non-hydrogen) atoms. The van der Waals surface area contributed by atoms with Crippen LogP contribution in [0.3, 0.4) is 0 Å². The Morgan fingerprint density at radius 3 is 2.50 bits per heavy atom. The van der Waals surface area contributed by atoms with Crippen LogP contribution in [0.2, 0.25) is 10.0 Å². The van der Waals surface area contributed by atoms with Crippen LogP contribution < -0.4 is 5.73 Å². The first-order chi connectivity index (χ1) is 6.54. The van der Waals surface area contributed by atoms with Crippen LogP contribution in [0.4, 0.5) is 5.69 Å². The van der Waals surface area contributed by atoms with E-state index in [1.54, 1.807) is 17.8 Å². The molecule has 0 aliphatic rings. The third kappa shape index (κ3) is 2.97. The zero-order valence-electron chi connectivity index (χ0n) is 8.18. The normalized spacial score (nSPS) is 12.9. The third-order valence-electron chi connectivity index (χ3n) is 1.96. The molecule has 1 aromatic rings. The minimum atomic E-state index is 0.512. The van der Waals surface area contributed by atoms with Gasteiger partial charge in [0.25, 0.3) is 0 Å². The molecule has 4 heteroatoms. The zero-order valence-corrected chi connectivity index (χ0v) is 10.5. The van der Waals surface area contributed by atoms with Crippen molar-refractivity contribution in [2.75, 3.05) is 5.73 Å². The Bertz CT molecular complexity index is 328. The highest BCUT2D eigenvalue weighted by Crippen LogP contribution is 2.35. The predicted octanol–water partition coefficient (Wildman–Crippen LogP) is 4.47. The molecule has 0 aliphatic heterocycles. The Hall–Kier alpha value is -0.0500. The monoisotopic (exact) mass is 249 g/mol. The van der Waals surface area contributed by atoms with Crippen molar-refractivity contribution in [1.82, 2.24) is 0 Å². The van der Waals surface area contributed by atoms with E-state index in [0.717, 1.165) is 11.3 Å². The van der Waals surface area contributed by atoms with Crippen LogP contribution in [0.25, 0.3) is 0 Å². The van der Waals surface area contributed by atoms with Gasteiger partial charge in [-0.05, 0) is 18.6 Å². The molecule has 0 bridgehead atoms. The molecule has 1 rings (SSSR count). The van der Waals surface area contributed by atoms with E-state index in [1.165, 1.54) is 0 Å². The van der Waals surface area contributed by atoms with Crippen molar-refractivity contribution in [2.45, 2.75) is 30.4 Å². The molecule has 2 N–H and O–H groups in total. The number of anilines is 1. The highest BCUT2D eigenvalue weighted by Gasteiger charge is 2.08. The molecule has 0 fully saturated rings. The van der Waals surface area contributed by atoms with Crippen LogP contribution >= 0.6 is 35.0 Å². The van der Waals surface area contributed by atoms with Gasteiger partial charge in [-0.2, -0.15) is 0 Å². The van der Waals surface area contributed by atoms with Crippen LogP contribution in [0.15, 0.2) is 17.0 Å². The summed E-state index contributed by atoms with van der Waals surface area (Å²) in [5.74, 6) is 0. The fourth-order valence-electron chi connectivity index (χ4n) is 0.946. The lowest BCUT2D eigenvalue weighted by Gasteiger charge is -2.11. The number of benzene rings is 1. The summed E-state index contributed by atoms with van der Waals surface area (Å²) in [7, 11) is 0. The maximum atomic E-state index is 5.91. The van der Waals surface area contributed by atoms with Crippen LogP contribution in [-0.2, 0) is 0 Å². The van der Waals surface area contributed by atoms with E-state index in [4.69, 9.17) is 28.9 Å². The number of nitrogen functional groups attached to an aromatic ring is 1. The van der Waals surface area contributed by atoms with Crippen molar-refractivity contribution in [3.63, 3.8) is 0 Å². The molecule has 0 spiro atoms. The van der Waals surface area contributed by atoms with Gasteiger partial charge >= 0.3 is 0 Å². The Morgan fingerprint density at radius 2 is 1.93 bits per heavy atom. The molecule has 1 atom stereocenters. The molecule has 0 aromatic heterocycles. The first-order valence-electron chi connectivity index (χ1n) is 4.45. The van der Waals surface area contributed by atoms with Crippen molar-refractivity contribution >= 4 is 40.7 Å². The van der Waals surface area contributed by atoms with Gasteiger partial charge in [0.05, 0.1) is 10.0 Å². The fourth-order valence-corrected chi connectivity index (χ4v) is 2.33. The summed E-state index contributed by atoms with van der Waals surface area (Å²) in [5, 5.41) is 1.61. The summed E-state index contributed by atoms with van der Waals surface area (Å²) in [6.45, 7) is 4.30. The van der Waals surface area contributed by atoms with Gasteiger partial charge in [-0.25, -0.2) is 0 Å². The Morgan fingerprint density at radius 1 is 1.36 bits per heavy atom. The topological polar surface area (TPSA) is 26.0 Å². The average molecular weight is 250 g/mol. The third-order valence-corrected chi connectivity index (χ3v) is 4.02. The lowest BCUT2D eigenvalue weighted by Crippen LogP contribution is -1.95. The van der Waals surface area contributed by atoms with Gasteiger partial charge in [0.2, 0.25) is 0 Å². The fraction of sp³-hybridized carbons (Fsp3) is 0.400. The van der Waals surface area contributed by atoms with Crippen molar-refractivity contribution in [2.24, 2.45) is 0 Å². The number of halogens is 2. The molecule has 0 heterocycles. The number of rotatable bonds is 3. The van der Waals surface area contributed by atoms with Crippen LogP contribution in [0, 0.1) is 0 Å². The standard InChI is InChI=1S/C10H13Cl2NS/c1-3-6(2)14-10-5-8(12)7(11)4-9(10)13/h4-6H,3,13H2,1-2H3. The Balaban J connectivity index is 2.92. The molecule has 1 aromatic carbocycles. The second kappa shape index (κ2) is 5.15. The van der Waals surface area contributed by atoms with E-state index in [9.17, 15) is 0 Å². The smallest absolute Gasteiger partial charge is 0.0613 e. The largest absolute Gasteiger partial charge is 0.398 e. The van der Waals surface area contributed by atoms with Gasteiger partial charge in [0.1, 0.15) is 0 Å².